The van der Waals surface area contributed by atoms with Crippen molar-refractivity contribution in [2.75, 3.05) is 0 Å². The van der Waals surface area contributed by atoms with Crippen LogP contribution < -0.4 is 11.1 Å². The van der Waals surface area contributed by atoms with E-state index in [1.54, 1.807) is 12.1 Å². The van der Waals surface area contributed by atoms with Gasteiger partial charge in [-0.05, 0) is 49.7 Å². The second-order valence-corrected chi connectivity index (χ2v) is 6.83. The Morgan fingerprint density at radius 1 is 1.11 bits per heavy atom. The predicted octanol–water partition coefficient (Wildman–Crippen LogP) is 3.96. The van der Waals surface area contributed by atoms with Crippen LogP contribution in [0.1, 0.15) is 32.9 Å². The molecule has 3 aromatic rings. The highest BCUT2D eigenvalue weighted by Gasteiger charge is 2.16. The Kier molecular flexibility index (Phi) is 5.33. The number of rotatable bonds is 5. The van der Waals surface area contributed by atoms with Gasteiger partial charge in [-0.3, -0.25) is 10.2 Å². The quantitative estimate of drug-likeness (QED) is 0.462. The number of nitrogens with zero attached hydrogens (tertiary/aromatic N) is 1. The molecule has 1 aromatic heterocycles. The van der Waals surface area contributed by atoms with Gasteiger partial charge in [0.1, 0.15) is 5.84 Å². The van der Waals surface area contributed by atoms with Crippen LogP contribution in [0.3, 0.4) is 0 Å². The Morgan fingerprint density at radius 3 is 2.33 bits per heavy atom. The molecule has 0 saturated heterocycles. The van der Waals surface area contributed by atoms with Crippen molar-refractivity contribution in [3.63, 3.8) is 0 Å². The highest BCUT2D eigenvalue weighted by molar-refractivity contribution is 6.30. The lowest BCUT2D eigenvalue weighted by atomic mass is 10.1. The zero-order valence-corrected chi connectivity index (χ0v) is 16.0. The van der Waals surface area contributed by atoms with Crippen molar-refractivity contribution in [3.8, 4) is 5.69 Å². The number of hydrogen-bond acceptors (Lipinski definition) is 2. The summed E-state index contributed by atoms with van der Waals surface area (Å²) in [7, 11) is 0. The topological polar surface area (TPSA) is 83.9 Å². The summed E-state index contributed by atoms with van der Waals surface area (Å²) >= 11 is 5.97. The first kappa shape index (κ1) is 18.7. The van der Waals surface area contributed by atoms with Gasteiger partial charge in [0.15, 0.2) is 0 Å². The molecule has 27 heavy (non-hydrogen) atoms. The second kappa shape index (κ2) is 7.68. The summed E-state index contributed by atoms with van der Waals surface area (Å²) < 4.78 is 2.03. The van der Waals surface area contributed by atoms with Crippen LogP contribution >= 0.6 is 11.6 Å². The van der Waals surface area contributed by atoms with E-state index in [-0.39, 0.29) is 11.7 Å². The van der Waals surface area contributed by atoms with E-state index in [4.69, 9.17) is 22.7 Å². The summed E-state index contributed by atoms with van der Waals surface area (Å²) in [5.74, 6) is -0.0980. The molecule has 138 valence electrons. The van der Waals surface area contributed by atoms with Crippen molar-refractivity contribution in [3.05, 3.63) is 87.7 Å². The minimum Gasteiger partial charge on any atom is -0.384 e. The molecular weight excluding hydrogens is 360 g/mol. The molecule has 0 aliphatic rings. The fraction of sp³-hybridized carbons (Fsp3) is 0.143. The third-order valence-corrected chi connectivity index (χ3v) is 4.73. The molecule has 0 radical (unpaired) electrons. The van der Waals surface area contributed by atoms with Crippen LogP contribution in [0.2, 0.25) is 5.02 Å². The number of hydrogen-bond donors (Lipinski definition) is 3. The molecule has 4 N–H and O–H groups in total. The number of aryl methyl sites for hydroxylation is 1. The van der Waals surface area contributed by atoms with Crippen molar-refractivity contribution in [1.29, 1.82) is 5.41 Å². The maximum absolute atomic E-state index is 12.7. The molecule has 1 amide bonds. The van der Waals surface area contributed by atoms with E-state index in [2.05, 4.69) is 5.32 Å². The number of benzene rings is 2. The first-order chi connectivity index (χ1) is 12.9. The van der Waals surface area contributed by atoms with E-state index < -0.39 is 0 Å². The van der Waals surface area contributed by atoms with Gasteiger partial charge in [-0.25, -0.2) is 0 Å². The SMILES string of the molecule is Cc1cc(C(=O)NCc2ccc(C(=N)N)cc2)c(C)n1-c1ccc(Cl)cc1. The second-order valence-electron chi connectivity index (χ2n) is 6.39. The van der Waals surface area contributed by atoms with Gasteiger partial charge in [0, 0.05) is 34.2 Å². The number of carbonyl (C=O) groups is 1. The average molecular weight is 381 g/mol. The lowest BCUT2D eigenvalue weighted by Crippen LogP contribution is -2.23. The Hall–Kier alpha value is -3.05. The van der Waals surface area contributed by atoms with Crippen LogP contribution in [0.25, 0.3) is 5.69 Å². The molecular formula is C21H21ClN4O. The zero-order valence-electron chi connectivity index (χ0n) is 15.2. The van der Waals surface area contributed by atoms with Crippen molar-refractivity contribution in [2.45, 2.75) is 20.4 Å². The third kappa shape index (κ3) is 4.04. The first-order valence-corrected chi connectivity index (χ1v) is 8.91. The monoisotopic (exact) mass is 380 g/mol. The Labute approximate surface area is 163 Å². The van der Waals surface area contributed by atoms with E-state index in [1.807, 2.05) is 60.9 Å². The van der Waals surface area contributed by atoms with Crippen LogP contribution in [0, 0.1) is 19.3 Å². The van der Waals surface area contributed by atoms with Gasteiger partial charge in [-0.15, -0.1) is 0 Å². The number of carbonyl (C=O) groups excluding carboxylic acids is 1. The van der Waals surface area contributed by atoms with Gasteiger partial charge in [0.25, 0.3) is 5.91 Å². The Morgan fingerprint density at radius 2 is 1.74 bits per heavy atom. The maximum atomic E-state index is 12.7. The van der Waals surface area contributed by atoms with Gasteiger partial charge in [0.05, 0.1) is 5.56 Å². The van der Waals surface area contributed by atoms with E-state index in [0.717, 1.165) is 22.6 Å². The molecule has 0 aliphatic heterocycles. The average Bonchev–Trinajstić information content (AvgIpc) is 2.95. The van der Waals surface area contributed by atoms with Crippen LogP contribution in [-0.2, 0) is 6.54 Å². The number of aromatic nitrogens is 1. The van der Waals surface area contributed by atoms with Crippen LogP contribution in [0.15, 0.2) is 54.6 Å². The number of nitrogen functional groups attached to an aromatic ring is 1. The summed E-state index contributed by atoms with van der Waals surface area (Å²) in [6.07, 6.45) is 0. The summed E-state index contributed by atoms with van der Waals surface area (Å²) in [6.45, 7) is 4.30. The smallest absolute Gasteiger partial charge is 0.253 e. The molecule has 0 bridgehead atoms. The summed E-state index contributed by atoms with van der Waals surface area (Å²) in [5.41, 5.74) is 10.5. The van der Waals surface area contributed by atoms with Gasteiger partial charge < -0.3 is 15.6 Å². The minimum atomic E-state index is -0.126. The van der Waals surface area contributed by atoms with Crippen LogP contribution in [0.4, 0.5) is 0 Å². The van der Waals surface area contributed by atoms with Crippen molar-refractivity contribution in [1.82, 2.24) is 9.88 Å². The highest BCUT2D eigenvalue weighted by atomic mass is 35.5. The third-order valence-electron chi connectivity index (χ3n) is 4.48. The number of nitrogens with two attached hydrogens (primary N) is 1. The molecule has 3 rings (SSSR count). The van der Waals surface area contributed by atoms with Gasteiger partial charge in [0.2, 0.25) is 0 Å². The molecule has 0 saturated carbocycles. The van der Waals surface area contributed by atoms with Crippen molar-refractivity contribution >= 4 is 23.3 Å². The van der Waals surface area contributed by atoms with Gasteiger partial charge in [-0.2, -0.15) is 0 Å². The summed E-state index contributed by atoms with van der Waals surface area (Å²) in [5, 5.41) is 11.0. The standard InChI is InChI=1S/C21H21ClN4O/c1-13-11-19(14(2)26(13)18-9-7-17(22)8-10-18)21(27)25-12-15-3-5-16(6-4-15)20(23)24/h3-11H,12H2,1-2H3,(H3,23,24)(H,25,27). The maximum Gasteiger partial charge on any atom is 0.253 e. The van der Waals surface area contributed by atoms with Crippen molar-refractivity contribution < 1.29 is 4.79 Å². The minimum absolute atomic E-state index is 0.0280. The fourth-order valence-corrected chi connectivity index (χ4v) is 3.19. The molecule has 0 unspecified atom stereocenters. The molecule has 0 atom stereocenters. The van der Waals surface area contributed by atoms with E-state index in [9.17, 15) is 4.79 Å². The lowest BCUT2D eigenvalue weighted by molar-refractivity contribution is 0.0950. The molecule has 1 heterocycles. The number of nitrogens with one attached hydrogen (secondary N) is 2. The lowest BCUT2D eigenvalue weighted by Gasteiger charge is -2.10. The molecule has 0 fully saturated rings. The molecule has 0 spiro atoms. The molecule has 5 nitrogen and oxygen atoms in total. The van der Waals surface area contributed by atoms with E-state index >= 15 is 0 Å². The summed E-state index contributed by atoms with van der Waals surface area (Å²) in [4.78, 5) is 12.7. The molecule has 2 aromatic carbocycles. The first-order valence-electron chi connectivity index (χ1n) is 8.53. The Bertz CT molecular complexity index is 988. The van der Waals surface area contributed by atoms with Crippen molar-refractivity contribution in [2.24, 2.45) is 5.73 Å². The number of halogens is 1. The number of amidine groups is 1. The largest absolute Gasteiger partial charge is 0.384 e. The normalized spacial score (nSPS) is 10.6. The molecule has 6 heteroatoms. The van der Waals surface area contributed by atoms with E-state index in [1.165, 1.54) is 0 Å². The fourth-order valence-electron chi connectivity index (χ4n) is 3.06. The van der Waals surface area contributed by atoms with Crippen LogP contribution in [-0.4, -0.2) is 16.3 Å². The zero-order chi connectivity index (χ0) is 19.6. The van der Waals surface area contributed by atoms with Gasteiger partial charge >= 0.3 is 0 Å². The summed E-state index contributed by atoms with van der Waals surface area (Å²) in [6, 6.07) is 16.7. The van der Waals surface area contributed by atoms with E-state index in [0.29, 0.717) is 22.7 Å². The van der Waals surface area contributed by atoms with Crippen LogP contribution in [0.5, 0.6) is 0 Å². The molecule has 0 aliphatic carbocycles. The predicted molar refractivity (Wildman–Crippen MR) is 109 cm³/mol. The number of amides is 1. The highest BCUT2D eigenvalue weighted by Crippen LogP contribution is 2.22. The van der Waals surface area contributed by atoms with Gasteiger partial charge in [-0.1, -0.05) is 35.9 Å². The Balaban J connectivity index is 1.76.